The number of piperidine rings is 2. The molecule has 0 aliphatic carbocycles. The van der Waals surface area contributed by atoms with Gasteiger partial charge in [0, 0.05) is 98.8 Å². The van der Waals surface area contributed by atoms with Gasteiger partial charge >= 0.3 is 5.97 Å². The predicted octanol–water partition coefficient (Wildman–Crippen LogP) is 24.9. The molecule has 0 spiro atoms. The number of hydrogen-bond acceptors (Lipinski definition) is 12. The Balaban J connectivity index is 0.00000130. The fourth-order valence-electron chi connectivity index (χ4n) is 12.9. The molecule has 14 heteroatoms. The van der Waals surface area contributed by atoms with Gasteiger partial charge in [0.15, 0.2) is 0 Å². The van der Waals surface area contributed by atoms with E-state index in [0.29, 0.717) is 47.3 Å². The number of ether oxygens (including phenoxy) is 1. The minimum absolute atomic E-state index is 0.171. The molecule has 3 aliphatic heterocycles. The molecule has 0 atom stereocenters. The fraction of sp³-hybridized carbons (Fsp3) is 0.745. The van der Waals surface area contributed by atoms with Crippen LogP contribution in [0.5, 0.6) is 0 Å². The van der Waals surface area contributed by atoms with Crippen molar-refractivity contribution >= 4 is 5.97 Å². The van der Waals surface area contributed by atoms with Crippen LogP contribution in [0.25, 0.3) is 0 Å². The quantitative estimate of drug-likeness (QED) is 0.0346. The minimum atomic E-state index is -0.439. The number of carbonyl (C=O) groups excluding carboxylic acids is 1. The van der Waals surface area contributed by atoms with E-state index in [1.54, 1.807) is 16.5 Å². The largest absolute Gasteiger partial charge is 0.459 e. The first kappa shape index (κ1) is 111. The molecule has 0 unspecified atom stereocenters. The van der Waals surface area contributed by atoms with Gasteiger partial charge in [-0.1, -0.05) is 219 Å². The molecule has 116 heavy (non-hydrogen) atoms. The number of esters is 1. The second-order valence-electron chi connectivity index (χ2n) is 41.4. The van der Waals surface area contributed by atoms with Crippen molar-refractivity contribution < 1.29 is 9.53 Å². The van der Waals surface area contributed by atoms with Crippen LogP contribution in [0.2, 0.25) is 0 Å². The van der Waals surface area contributed by atoms with Crippen molar-refractivity contribution in [1.29, 1.82) is 0 Å². The number of nitrogens with one attached hydrogen (secondary N) is 4. The van der Waals surface area contributed by atoms with Gasteiger partial charge in [-0.3, -0.25) is 24.0 Å². The summed E-state index contributed by atoms with van der Waals surface area (Å²) in [5.74, 6) is 7.91. The molecule has 2 aromatic carbocycles. The van der Waals surface area contributed by atoms with Crippen LogP contribution in [0.15, 0.2) is 103 Å². The van der Waals surface area contributed by atoms with E-state index < -0.39 is 5.60 Å². The Morgan fingerprint density at radius 3 is 1.11 bits per heavy atom. The summed E-state index contributed by atoms with van der Waals surface area (Å²) in [5.41, 5.74) is 13.1. The monoisotopic (exact) mass is 1610 g/mol. The molecule has 14 nitrogen and oxygen atoms in total. The molecule has 4 N–H and O–H groups in total. The third-order valence-corrected chi connectivity index (χ3v) is 21.1. The highest BCUT2D eigenvalue weighted by Gasteiger charge is 2.25. The van der Waals surface area contributed by atoms with Crippen LogP contribution in [0.4, 0.5) is 0 Å². The zero-order valence-corrected chi connectivity index (χ0v) is 83.1. The second kappa shape index (κ2) is 56.5. The summed E-state index contributed by atoms with van der Waals surface area (Å²) in [6.07, 6.45) is 20.9. The van der Waals surface area contributed by atoms with Crippen molar-refractivity contribution in [2.75, 3.05) is 78.5 Å². The number of aromatic nitrogens is 5. The summed E-state index contributed by atoms with van der Waals surface area (Å²) >= 11 is 0. The van der Waals surface area contributed by atoms with Crippen LogP contribution in [-0.2, 0) is 22.6 Å². The van der Waals surface area contributed by atoms with Crippen molar-refractivity contribution in [2.45, 2.75) is 396 Å². The van der Waals surface area contributed by atoms with E-state index in [-0.39, 0.29) is 34.7 Å². The van der Waals surface area contributed by atoms with Gasteiger partial charge in [0.2, 0.25) is 0 Å². The second-order valence-corrected chi connectivity index (χ2v) is 41.4. The maximum absolute atomic E-state index is 11.5. The first-order valence-corrected chi connectivity index (χ1v) is 45.9. The summed E-state index contributed by atoms with van der Waals surface area (Å²) in [4.78, 5) is 23.5. The van der Waals surface area contributed by atoms with Gasteiger partial charge in [-0.15, -0.1) is 0 Å². The van der Waals surface area contributed by atoms with Gasteiger partial charge in [-0.05, 0) is 298 Å². The van der Waals surface area contributed by atoms with Crippen LogP contribution >= 0.6 is 0 Å². The highest BCUT2D eigenvalue weighted by molar-refractivity contribution is 5.69. The number of nitrogens with zero attached hydrogens (tertiary/aromatic N) is 8. The third kappa shape index (κ3) is 54.3. The van der Waals surface area contributed by atoms with E-state index in [1.807, 2.05) is 64.1 Å². The van der Waals surface area contributed by atoms with Crippen LogP contribution in [0.1, 0.15) is 394 Å². The van der Waals surface area contributed by atoms with E-state index in [4.69, 9.17) is 4.74 Å². The van der Waals surface area contributed by atoms with Crippen LogP contribution in [0.3, 0.4) is 0 Å². The lowest BCUT2D eigenvalue weighted by atomic mass is 9.87. The van der Waals surface area contributed by atoms with Crippen molar-refractivity contribution in [2.24, 2.45) is 23.7 Å². The van der Waals surface area contributed by atoms with Gasteiger partial charge in [0.05, 0.1) is 18.9 Å². The Labute approximate surface area is 718 Å². The van der Waals surface area contributed by atoms with Crippen LogP contribution < -0.4 is 21.3 Å². The zero-order chi connectivity index (χ0) is 89.1. The Morgan fingerprint density at radius 2 is 0.784 bits per heavy atom. The SMILES string of the molecule is CC.CC(C)C1=CCN(CCNC(C)(C)C)CC1.CC(C)C1CCN(CCNC(C)(C)C)CC1.CC(C)N1CCC(CNC(C)(C)C)CC1.CC(C)c1cccc(C(C)C)c1.CC(C)c1cccc(C(C)C)c1.CC(C)c1cncc(C(C)C)c1.CC(C)c1cnn(CC(=O)OC(C)(C)C)c1.CC(C)c1cnn(CCNC(C)(C)C)c1. The first-order valence-electron chi connectivity index (χ1n) is 45.9. The van der Waals surface area contributed by atoms with Crippen LogP contribution in [-0.4, -0.2) is 158 Å². The predicted molar refractivity (Wildman–Crippen MR) is 510 cm³/mol. The fourth-order valence-corrected chi connectivity index (χ4v) is 12.9. The molecule has 0 saturated carbocycles. The van der Waals surface area contributed by atoms with E-state index >= 15 is 0 Å². The van der Waals surface area contributed by atoms with E-state index in [1.165, 1.54) is 123 Å². The van der Waals surface area contributed by atoms with E-state index in [0.717, 1.165) is 68.0 Å². The number of rotatable bonds is 24. The highest BCUT2D eigenvalue weighted by Crippen LogP contribution is 2.27. The average Bonchev–Trinajstić information content (AvgIpc) is 1.90. The van der Waals surface area contributed by atoms with Gasteiger partial charge < -0.3 is 35.8 Å². The van der Waals surface area contributed by atoms with Gasteiger partial charge in [-0.25, -0.2) is 0 Å². The van der Waals surface area contributed by atoms with Crippen molar-refractivity contribution in [3.63, 3.8) is 0 Å². The smallest absolute Gasteiger partial charge is 0.328 e. The molecular weight excluding hydrogens is 1430 g/mol. The van der Waals surface area contributed by atoms with Gasteiger partial charge in [0.25, 0.3) is 0 Å². The molecule has 6 heterocycles. The lowest BCUT2D eigenvalue weighted by Gasteiger charge is -2.35. The molecule has 8 rings (SSSR count). The zero-order valence-electron chi connectivity index (χ0n) is 83.1. The Bertz CT molecular complexity index is 3110. The molecular formula is C102H188N12O2. The summed E-state index contributed by atoms with van der Waals surface area (Å²) < 4.78 is 8.83. The normalized spacial score (nSPS) is 15.0. The summed E-state index contributed by atoms with van der Waals surface area (Å²) in [5, 5.41) is 22.6. The maximum Gasteiger partial charge on any atom is 0.328 e. The Kier molecular flexibility index (Phi) is 54.1. The standard InChI is InChI=1S/C14H30N2.C14H28N2.C13H28N2.C12H23N3.C12H20N2O2.2C12H18.C11H17N.C2H6/c2*1-12(2)13-6-9-16(10-7-13)11-8-15-14(3,4)5;1-11(2)15-8-6-12(7-9-15)10-14-13(3,4)5;1-10(2)11-8-14-15(9-11)7-6-13-12(3,4)5;1-9(2)10-6-13-14(7-10)8-11(15)16-12(3,4)5;2*1-9(2)11-6-5-7-12(8-11)10(3)4;1-8(2)10-5-11(9(3)4)7-12-6-10;1-2/h12-13,15H,6-11H2,1-5H3;6,12,15H,7-11H2,1-5H3;11-12,14H,6-10H2,1-5H3;8-10,13H,6-7H2,1-5H3;6-7,9H,8H2,1-5H3;2*5-10H,1-4H3;5-9H,1-4H3;1-2H3. The van der Waals surface area contributed by atoms with Crippen molar-refractivity contribution in [3.8, 4) is 0 Å². The van der Waals surface area contributed by atoms with Gasteiger partial charge in [-0.2, -0.15) is 10.2 Å². The van der Waals surface area contributed by atoms with Crippen molar-refractivity contribution in [1.82, 2.24) is 60.5 Å². The molecule has 668 valence electrons. The number of carbonyl (C=O) groups is 1. The summed E-state index contributed by atoms with van der Waals surface area (Å²) in [6, 6.07) is 20.7. The van der Waals surface area contributed by atoms with Crippen molar-refractivity contribution in [3.05, 3.63) is 148 Å². The molecule has 3 aromatic heterocycles. The molecule has 2 fully saturated rings. The lowest BCUT2D eigenvalue weighted by molar-refractivity contribution is -0.155. The molecule has 5 aromatic rings. The molecule has 3 aliphatic rings. The summed E-state index contributed by atoms with van der Waals surface area (Å²) in [7, 11) is 0. The Hall–Kier alpha value is -5.06. The number of hydrogen-bond donors (Lipinski definition) is 4. The third-order valence-electron chi connectivity index (χ3n) is 21.1. The lowest BCUT2D eigenvalue weighted by Crippen LogP contribution is -2.44. The molecule has 0 radical (unpaired) electrons. The first-order chi connectivity index (χ1) is 53.6. The number of likely N-dealkylation sites (tertiary alicyclic amines) is 2. The molecule has 2 saturated heterocycles. The topological polar surface area (TPSA) is 133 Å². The average molecular weight is 1610 g/mol. The minimum Gasteiger partial charge on any atom is -0.459 e. The molecule has 0 bridgehead atoms. The van der Waals surface area contributed by atoms with E-state index in [9.17, 15) is 4.79 Å². The highest BCUT2D eigenvalue weighted by atomic mass is 16.6. The van der Waals surface area contributed by atoms with Crippen LogP contribution in [0, 0.1) is 23.7 Å². The maximum atomic E-state index is 11.5. The molecule has 0 amide bonds. The number of benzene rings is 2. The van der Waals surface area contributed by atoms with Gasteiger partial charge in [0.1, 0.15) is 12.1 Å². The summed E-state index contributed by atoms with van der Waals surface area (Å²) in [6.45, 7) is 101. The number of pyridine rings is 1. The van der Waals surface area contributed by atoms with E-state index in [2.05, 4.69) is 353 Å². The Morgan fingerprint density at radius 1 is 0.422 bits per heavy atom.